The summed E-state index contributed by atoms with van der Waals surface area (Å²) >= 11 is 0. The van der Waals surface area contributed by atoms with Gasteiger partial charge in [-0.05, 0) is 4.94 Å². The highest BCUT2D eigenvalue weighted by atomic mass is 16.9. The zero-order valence-corrected chi connectivity index (χ0v) is 9.87. The Morgan fingerprint density at radius 2 is 1.31 bits per heavy atom. The van der Waals surface area contributed by atoms with Crippen LogP contribution >= 0.6 is 0 Å². The Bertz CT molecular complexity index is 149. The number of hydrogen-bond acceptors (Lipinski definition) is 2. The van der Waals surface area contributed by atoms with Crippen LogP contribution in [0, 0.1) is 5.21 Å². The van der Waals surface area contributed by atoms with Crippen molar-refractivity contribution in [3.63, 3.8) is 0 Å². The van der Waals surface area contributed by atoms with Crippen molar-refractivity contribution in [2.24, 2.45) is 0 Å². The molecule has 5 heteroatoms. The molecule has 0 unspecified atom stereocenters. The van der Waals surface area contributed by atoms with Gasteiger partial charge in [-0.2, -0.15) is 0 Å². The summed E-state index contributed by atoms with van der Waals surface area (Å²) in [4.78, 5) is 5.66. The van der Waals surface area contributed by atoms with E-state index in [1.165, 1.54) is 0 Å². The number of quaternary nitrogens is 3. The maximum atomic E-state index is 11.4. The molecular formula is C8H23N3O2+2. The molecule has 0 amide bonds. The molecule has 0 aromatic heterocycles. The molecular weight excluding hydrogens is 170 g/mol. The van der Waals surface area contributed by atoms with Gasteiger partial charge in [0.2, 0.25) is 6.67 Å². The molecule has 0 aromatic carbocycles. The van der Waals surface area contributed by atoms with Gasteiger partial charge in [-0.1, -0.05) is 4.65 Å². The zero-order valence-electron chi connectivity index (χ0n) is 9.87. The summed E-state index contributed by atoms with van der Waals surface area (Å²) in [5, 5.41) is 11.4. The van der Waals surface area contributed by atoms with Gasteiger partial charge in [-0.15, -0.1) is 4.65 Å². The Hall–Kier alpha value is -0.200. The minimum absolute atomic E-state index is 0.250. The second kappa shape index (κ2) is 3.51. The summed E-state index contributed by atoms with van der Waals surface area (Å²) in [6.45, 7) is 0.384. The van der Waals surface area contributed by atoms with Crippen LogP contribution in [0.4, 0.5) is 0 Å². The minimum Gasteiger partial charge on any atom is -0.629 e. The average Bonchev–Trinajstić information content (AvgIpc) is 1.43. The highest BCUT2D eigenvalue weighted by molar-refractivity contribution is 4.14. The second-order valence-electron chi connectivity index (χ2n) is 5.26. The van der Waals surface area contributed by atoms with Crippen molar-refractivity contribution in [3.05, 3.63) is 5.21 Å². The third kappa shape index (κ3) is 8.14. The molecule has 0 saturated carbocycles. The standard InChI is InChI=1S/C8H23N3O2/c1-9(2,3)13-11(6,7)8-10(4,5)12/h8H2,1-7H3/q+2. The topological polar surface area (TPSA) is 32.3 Å². The summed E-state index contributed by atoms with van der Waals surface area (Å²) in [5.74, 6) is 0. The summed E-state index contributed by atoms with van der Waals surface area (Å²) < 4.78 is 0.278. The first-order chi connectivity index (χ1) is 5.41. The van der Waals surface area contributed by atoms with E-state index in [1.807, 2.05) is 35.2 Å². The molecule has 0 rings (SSSR count). The maximum Gasteiger partial charge on any atom is 0.240 e. The Morgan fingerprint density at radius 3 is 1.54 bits per heavy atom. The van der Waals surface area contributed by atoms with Gasteiger partial charge in [0, 0.05) is 0 Å². The fourth-order valence-electron chi connectivity index (χ4n) is 1.51. The Kier molecular flexibility index (Phi) is 3.46. The first kappa shape index (κ1) is 12.8. The van der Waals surface area contributed by atoms with E-state index in [1.54, 1.807) is 14.1 Å². The summed E-state index contributed by atoms with van der Waals surface area (Å²) in [6, 6.07) is 0. The van der Waals surface area contributed by atoms with Gasteiger partial charge in [0.25, 0.3) is 0 Å². The fourth-order valence-corrected chi connectivity index (χ4v) is 1.51. The highest BCUT2D eigenvalue weighted by Gasteiger charge is 2.31. The lowest BCUT2D eigenvalue weighted by Crippen LogP contribution is -2.58. The predicted molar refractivity (Wildman–Crippen MR) is 51.6 cm³/mol. The van der Waals surface area contributed by atoms with Crippen LogP contribution in [0.2, 0.25) is 0 Å². The molecule has 0 heterocycles. The molecule has 0 bridgehead atoms. The van der Waals surface area contributed by atoms with Gasteiger partial charge in [0.15, 0.2) is 0 Å². The molecule has 0 spiro atoms. The van der Waals surface area contributed by atoms with E-state index < -0.39 is 0 Å². The molecule has 5 nitrogen and oxygen atoms in total. The average molecular weight is 193 g/mol. The van der Waals surface area contributed by atoms with Crippen molar-refractivity contribution in [2.45, 2.75) is 0 Å². The molecule has 0 aliphatic rings. The molecule has 0 fully saturated rings. The fraction of sp³-hybridized carbons (Fsp3) is 1.00. The van der Waals surface area contributed by atoms with E-state index in [2.05, 4.69) is 0 Å². The lowest BCUT2D eigenvalue weighted by Gasteiger charge is -2.39. The van der Waals surface area contributed by atoms with Crippen LogP contribution in [0.1, 0.15) is 0 Å². The Morgan fingerprint density at radius 1 is 0.923 bits per heavy atom. The van der Waals surface area contributed by atoms with E-state index in [-0.39, 0.29) is 9.29 Å². The summed E-state index contributed by atoms with van der Waals surface area (Å²) in [6.07, 6.45) is 0. The Labute approximate surface area is 81.0 Å². The van der Waals surface area contributed by atoms with Crippen LogP contribution in [0.15, 0.2) is 0 Å². The first-order valence-electron chi connectivity index (χ1n) is 4.31. The third-order valence-corrected chi connectivity index (χ3v) is 1.15. The molecule has 0 saturated heterocycles. The van der Waals surface area contributed by atoms with Crippen molar-refractivity contribution >= 4 is 0 Å². The van der Waals surface area contributed by atoms with Crippen LogP contribution in [0.3, 0.4) is 0 Å². The van der Waals surface area contributed by atoms with E-state index in [9.17, 15) is 5.21 Å². The van der Waals surface area contributed by atoms with Gasteiger partial charge >= 0.3 is 0 Å². The zero-order chi connectivity index (χ0) is 10.9. The highest BCUT2D eigenvalue weighted by Crippen LogP contribution is 2.09. The van der Waals surface area contributed by atoms with Crippen LogP contribution in [0.25, 0.3) is 0 Å². The quantitative estimate of drug-likeness (QED) is 0.361. The van der Waals surface area contributed by atoms with E-state index in [4.69, 9.17) is 4.94 Å². The van der Waals surface area contributed by atoms with Crippen molar-refractivity contribution in [3.8, 4) is 0 Å². The van der Waals surface area contributed by atoms with Crippen LogP contribution in [0.5, 0.6) is 0 Å². The van der Waals surface area contributed by atoms with Crippen molar-refractivity contribution < 1.29 is 18.9 Å². The van der Waals surface area contributed by atoms with Crippen LogP contribution < -0.4 is 0 Å². The van der Waals surface area contributed by atoms with E-state index >= 15 is 0 Å². The largest absolute Gasteiger partial charge is 0.629 e. The second-order valence-corrected chi connectivity index (χ2v) is 5.26. The number of rotatable bonds is 4. The van der Waals surface area contributed by atoms with Gasteiger partial charge in [-0.3, -0.25) is 0 Å². The molecule has 0 atom stereocenters. The van der Waals surface area contributed by atoms with E-state index in [0.29, 0.717) is 11.3 Å². The lowest BCUT2D eigenvalue weighted by molar-refractivity contribution is -1.34. The van der Waals surface area contributed by atoms with Crippen LogP contribution in [-0.2, 0) is 4.94 Å². The molecule has 0 aliphatic carbocycles. The minimum atomic E-state index is -0.354. The summed E-state index contributed by atoms with van der Waals surface area (Å²) in [7, 11) is 12.7. The maximum absolute atomic E-state index is 11.4. The molecule has 0 aromatic rings. The first-order valence-corrected chi connectivity index (χ1v) is 4.31. The molecule has 0 aliphatic heterocycles. The Balaban J connectivity index is 4.25. The molecule has 80 valence electrons. The lowest BCUT2D eigenvalue weighted by atomic mass is 10.7. The van der Waals surface area contributed by atoms with Gasteiger partial charge in [0.1, 0.15) is 35.2 Å². The van der Waals surface area contributed by atoms with Crippen LogP contribution in [-0.4, -0.2) is 69.9 Å². The summed E-state index contributed by atoms with van der Waals surface area (Å²) in [5.41, 5.74) is 0. The van der Waals surface area contributed by atoms with Gasteiger partial charge in [-0.25, -0.2) is 0 Å². The molecule has 0 N–H and O–H groups in total. The van der Waals surface area contributed by atoms with Crippen molar-refractivity contribution in [1.29, 1.82) is 0 Å². The SMILES string of the molecule is C[N+](C)([O-])C[N+](C)(C)O[N+](C)(C)C. The smallest absolute Gasteiger partial charge is 0.240 e. The van der Waals surface area contributed by atoms with Gasteiger partial charge < -0.3 is 9.85 Å². The predicted octanol–water partition coefficient (Wildman–Crippen LogP) is 0.147. The number of hydroxylamine groups is 9. The number of nitrogens with zero attached hydrogens (tertiary/aromatic N) is 3. The third-order valence-electron chi connectivity index (χ3n) is 1.15. The van der Waals surface area contributed by atoms with E-state index in [0.717, 1.165) is 0 Å². The number of hydrogen-bond donors (Lipinski definition) is 0. The molecule has 0 radical (unpaired) electrons. The molecule has 13 heavy (non-hydrogen) atoms. The van der Waals surface area contributed by atoms with Crippen molar-refractivity contribution in [1.82, 2.24) is 0 Å². The van der Waals surface area contributed by atoms with Crippen molar-refractivity contribution in [2.75, 3.05) is 56.0 Å². The normalized spacial score (nSPS) is 14.8. The monoisotopic (exact) mass is 193 g/mol. The van der Waals surface area contributed by atoms with Gasteiger partial charge in [0.05, 0.1) is 14.1 Å².